The van der Waals surface area contributed by atoms with Gasteiger partial charge in [0.2, 0.25) is 0 Å². The zero-order valence-corrected chi connectivity index (χ0v) is 14.6. The minimum atomic E-state index is -4.55. The number of rotatable bonds is 4. The van der Waals surface area contributed by atoms with E-state index < -0.39 is 23.8 Å². The van der Waals surface area contributed by atoms with Crippen LogP contribution >= 0.6 is 0 Å². The first kappa shape index (κ1) is 19.0. The van der Waals surface area contributed by atoms with E-state index in [9.17, 15) is 18.0 Å². The number of aliphatic imine (C=N–C) groups is 1. The maximum atomic E-state index is 12.8. The van der Waals surface area contributed by atoms with E-state index in [1.807, 2.05) is 24.3 Å². The Balaban J connectivity index is 1.90. The Hall–Kier alpha value is -2.74. The zero-order valence-electron chi connectivity index (χ0n) is 14.6. The van der Waals surface area contributed by atoms with E-state index in [4.69, 9.17) is 5.73 Å². The second-order valence-corrected chi connectivity index (χ2v) is 6.34. The molecular weight excluding hydrogens is 357 g/mol. The fourth-order valence-corrected chi connectivity index (χ4v) is 3.16. The van der Waals surface area contributed by atoms with Gasteiger partial charge in [-0.2, -0.15) is 13.2 Å². The van der Waals surface area contributed by atoms with Crippen molar-refractivity contribution < 1.29 is 18.0 Å². The number of benzene rings is 1. The highest BCUT2D eigenvalue weighted by Crippen LogP contribution is 2.34. The third-order valence-electron chi connectivity index (χ3n) is 4.58. The number of aromatic nitrogens is 1. The van der Waals surface area contributed by atoms with Crippen LogP contribution in [0.5, 0.6) is 0 Å². The van der Waals surface area contributed by atoms with Gasteiger partial charge in [-0.05, 0) is 36.2 Å². The Morgan fingerprint density at radius 1 is 1.22 bits per heavy atom. The SMILES string of the molecule is CNc1ccc(C(N)C2C(=O)CCC2=Nc2ccnc(C(F)(F)F)c2)cc1. The fourth-order valence-electron chi connectivity index (χ4n) is 3.16. The largest absolute Gasteiger partial charge is 0.433 e. The van der Waals surface area contributed by atoms with Crippen molar-refractivity contribution in [2.45, 2.75) is 25.1 Å². The van der Waals surface area contributed by atoms with Gasteiger partial charge in [-0.3, -0.25) is 14.8 Å². The second kappa shape index (κ2) is 7.48. The lowest BCUT2D eigenvalue weighted by atomic mass is 9.90. The highest BCUT2D eigenvalue weighted by atomic mass is 19.4. The van der Waals surface area contributed by atoms with E-state index in [-0.39, 0.29) is 17.9 Å². The summed E-state index contributed by atoms with van der Waals surface area (Å²) in [6.07, 6.45) is -2.82. The van der Waals surface area contributed by atoms with E-state index >= 15 is 0 Å². The molecule has 1 aromatic heterocycles. The standard InChI is InChI=1S/C19H19F3N4O/c1-24-12-4-2-11(3-5-12)18(23)17-14(6-7-15(17)27)26-13-8-9-25-16(10-13)19(20,21)22/h2-5,8-10,17-18,24H,6-7,23H2,1H3. The van der Waals surface area contributed by atoms with Crippen LogP contribution < -0.4 is 11.1 Å². The number of nitrogens with zero attached hydrogens (tertiary/aromatic N) is 2. The first-order valence-corrected chi connectivity index (χ1v) is 8.46. The van der Waals surface area contributed by atoms with Crippen molar-refractivity contribution in [1.29, 1.82) is 0 Å². The van der Waals surface area contributed by atoms with Crippen LogP contribution in [0.2, 0.25) is 0 Å². The molecule has 1 fully saturated rings. The third kappa shape index (κ3) is 4.16. The fraction of sp³-hybridized carbons (Fsp3) is 0.316. The summed E-state index contributed by atoms with van der Waals surface area (Å²) < 4.78 is 38.5. The normalized spacial score (nSPS) is 20.1. The van der Waals surface area contributed by atoms with Crippen LogP contribution in [0.15, 0.2) is 47.6 Å². The van der Waals surface area contributed by atoms with Crippen LogP contribution in [0, 0.1) is 5.92 Å². The molecule has 8 heteroatoms. The maximum Gasteiger partial charge on any atom is 0.433 e. The van der Waals surface area contributed by atoms with Crippen molar-refractivity contribution in [2.75, 3.05) is 12.4 Å². The van der Waals surface area contributed by atoms with Crippen LogP contribution in [0.25, 0.3) is 0 Å². The Morgan fingerprint density at radius 2 is 1.93 bits per heavy atom. The molecule has 1 aromatic carbocycles. The van der Waals surface area contributed by atoms with Crippen LogP contribution in [0.4, 0.5) is 24.5 Å². The summed E-state index contributed by atoms with van der Waals surface area (Å²) >= 11 is 0. The summed E-state index contributed by atoms with van der Waals surface area (Å²) in [5, 5.41) is 3.00. The first-order valence-electron chi connectivity index (χ1n) is 8.46. The van der Waals surface area contributed by atoms with Gasteiger partial charge in [-0.25, -0.2) is 0 Å². The first-order chi connectivity index (χ1) is 12.8. The maximum absolute atomic E-state index is 12.8. The summed E-state index contributed by atoms with van der Waals surface area (Å²) in [5.41, 5.74) is 7.60. The molecule has 0 aliphatic heterocycles. The molecule has 3 rings (SSSR count). The molecule has 0 saturated heterocycles. The van der Waals surface area contributed by atoms with Crippen LogP contribution in [0.3, 0.4) is 0 Å². The van der Waals surface area contributed by atoms with Gasteiger partial charge < -0.3 is 11.1 Å². The smallest absolute Gasteiger partial charge is 0.388 e. The van der Waals surface area contributed by atoms with Gasteiger partial charge in [0, 0.05) is 37.1 Å². The van der Waals surface area contributed by atoms with Crippen molar-refractivity contribution in [1.82, 2.24) is 4.98 Å². The van der Waals surface area contributed by atoms with E-state index in [2.05, 4.69) is 15.3 Å². The van der Waals surface area contributed by atoms with E-state index in [1.165, 1.54) is 6.07 Å². The van der Waals surface area contributed by atoms with Crippen molar-refractivity contribution in [2.24, 2.45) is 16.6 Å². The summed E-state index contributed by atoms with van der Waals surface area (Å²) in [4.78, 5) is 20.0. The third-order valence-corrected chi connectivity index (χ3v) is 4.58. The zero-order chi connectivity index (χ0) is 19.6. The predicted molar refractivity (Wildman–Crippen MR) is 97.0 cm³/mol. The molecule has 142 valence electrons. The number of hydrogen-bond donors (Lipinski definition) is 2. The van der Waals surface area contributed by atoms with Gasteiger partial charge >= 0.3 is 6.18 Å². The molecule has 0 bridgehead atoms. The number of nitrogens with two attached hydrogens (primary N) is 1. The summed E-state index contributed by atoms with van der Waals surface area (Å²) in [7, 11) is 1.80. The lowest BCUT2D eigenvalue weighted by Gasteiger charge is -2.20. The molecule has 27 heavy (non-hydrogen) atoms. The van der Waals surface area contributed by atoms with Crippen LogP contribution in [0.1, 0.15) is 30.1 Å². The number of ketones is 1. The van der Waals surface area contributed by atoms with Crippen molar-refractivity contribution in [3.05, 3.63) is 53.9 Å². The molecule has 1 aliphatic carbocycles. The summed E-state index contributed by atoms with van der Waals surface area (Å²) in [6, 6.07) is 9.01. The summed E-state index contributed by atoms with van der Waals surface area (Å²) in [6.45, 7) is 0. The van der Waals surface area contributed by atoms with Crippen LogP contribution in [-0.2, 0) is 11.0 Å². The van der Waals surface area contributed by atoms with E-state index in [0.717, 1.165) is 23.5 Å². The molecule has 2 unspecified atom stereocenters. The number of pyridine rings is 1. The molecule has 1 aliphatic rings. The van der Waals surface area contributed by atoms with Crippen LogP contribution in [-0.4, -0.2) is 23.5 Å². The molecular formula is C19H19F3N4O. The Kier molecular flexibility index (Phi) is 5.27. The van der Waals surface area contributed by atoms with Crippen molar-refractivity contribution >= 4 is 22.9 Å². The minimum Gasteiger partial charge on any atom is -0.388 e. The highest BCUT2D eigenvalue weighted by molar-refractivity contribution is 6.12. The molecule has 0 spiro atoms. The average molecular weight is 376 g/mol. The Labute approximate surface area is 154 Å². The molecule has 1 saturated carbocycles. The monoisotopic (exact) mass is 376 g/mol. The molecule has 2 atom stereocenters. The van der Waals surface area contributed by atoms with Gasteiger partial charge in [0.1, 0.15) is 11.5 Å². The van der Waals surface area contributed by atoms with Gasteiger partial charge in [-0.15, -0.1) is 0 Å². The highest BCUT2D eigenvalue weighted by Gasteiger charge is 2.37. The number of hydrogen-bond acceptors (Lipinski definition) is 5. The van der Waals surface area contributed by atoms with Gasteiger partial charge in [-0.1, -0.05) is 12.1 Å². The number of halogens is 3. The molecule has 2 aromatic rings. The van der Waals surface area contributed by atoms with Crippen molar-refractivity contribution in [3.8, 4) is 0 Å². The molecule has 5 nitrogen and oxygen atoms in total. The number of Topliss-reactive ketones (excluding diaryl/α,β-unsaturated/α-hetero) is 1. The second-order valence-electron chi connectivity index (χ2n) is 6.34. The summed E-state index contributed by atoms with van der Waals surface area (Å²) in [5.74, 6) is -0.697. The Bertz CT molecular complexity index is 862. The molecule has 0 amide bonds. The number of alkyl halides is 3. The lowest BCUT2D eigenvalue weighted by Crippen LogP contribution is -2.29. The molecule has 0 radical (unpaired) electrons. The average Bonchev–Trinajstić information content (AvgIpc) is 3.01. The molecule has 3 N–H and O–H groups in total. The quantitative estimate of drug-likeness (QED) is 0.848. The number of carbonyl (C=O) groups is 1. The van der Waals surface area contributed by atoms with Gasteiger partial charge in [0.05, 0.1) is 11.6 Å². The van der Waals surface area contributed by atoms with Crippen molar-refractivity contribution in [3.63, 3.8) is 0 Å². The van der Waals surface area contributed by atoms with E-state index in [1.54, 1.807) is 7.05 Å². The predicted octanol–water partition coefficient (Wildman–Crippen LogP) is 3.89. The number of nitrogens with one attached hydrogen (secondary N) is 1. The molecule has 1 heterocycles. The Morgan fingerprint density at radius 3 is 2.56 bits per heavy atom. The van der Waals surface area contributed by atoms with Gasteiger partial charge in [0.25, 0.3) is 0 Å². The number of anilines is 1. The number of carbonyl (C=O) groups excluding carboxylic acids is 1. The minimum absolute atomic E-state index is 0.0518. The van der Waals surface area contributed by atoms with Gasteiger partial charge in [0.15, 0.2) is 0 Å². The van der Waals surface area contributed by atoms with E-state index in [0.29, 0.717) is 12.1 Å². The lowest BCUT2D eigenvalue weighted by molar-refractivity contribution is -0.141. The topological polar surface area (TPSA) is 80.4 Å².